The number of guanidine groups is 1. The van der Waals surface area contributed by atoms with E-state index >= 15 is 0 Å². The number of nitrogens with zero attached hydrogens (tertiary/aromatic N) is 2. The van der Waals surface area contributed by atoms with Gasteiger partial charge in [-0.25, -0.2) is 4.99 Å². The maximum absolute atomic E-state index is 5.84. The van der Waals surface area contributed by atoms with Crippen molar-refractivity contribution in [2.75, 3.05) is 0 Å². The van der Waals surface area contributed by atoms with Gasteiger partial charge in [-0.1, -0.05) is 12.8 Å². The van der Waals surface area contributed by atoms with E-state index in [1.165, 1.54) is 31.2 Å². The lowest BCUT2D eigenvalue weighted by Crippen LogP contribution is -2.38. The molecule has 1 aliphatic rings. The standard InChI is InChI=1S/C12H20N4/c1-16-7-6-10(9-16)8-14-12(13)15-11-4-2-3-5-11/h6-7,9,11H,2-5,8H2,1H3,(H3,13,14,15). The van der Waals surface area contributed by atoms with Crippen LogP contribution in [0.1, 0.15) is 31.2 Å². The van der Waals surface area contributed by atoms with Gasteiger partial charge in [0.15, 0.2) is 5.96 Å². The van der Waals surface area contributed by atoms with Gasteiger partial charge in [-0.2, -0.15) is 0 Å². The van der Waals surface area contributed by atoms with E-state index in [4.69, 9.17) is 5.73 Å². The molecule has 1 aromatic rings. The molecule has 0 aromatic carbocycles. The van der Waals surface area contributed by atoms with Gasteiger partial charge in [-0.3, -0.25) is 0 Å². The molecule has 3 N–H and O–H groups in total. The molecule has 0 aliphatic heterocycles. The highest BCUT2D eigenvalue weighted by molar-refractivity contribution is 5.78. The second-order valence-corrected chi connectivity index (χ2v) is 4.51. The molecule has 16 heavy (non-hydrogen) atoms. The lowest BCUT2D eigenvalue weighted by atomic mass is 10.2. The maximum Gasteiger partial charge on any atom is 0.189 e. The van der Waals surface area contributed by atoms with Crippen molar-refractivity contribution in [2.24, 2.45) is 17.8 Å². The fraction of sp³-hybridized carbons (Fsp3) is 0.583. The van der Waals surface area contributed by atoms with Crippen LogP contribution in [0, 0.1) is 0 Å². The lowest BCUT2D eigenvalue weighted by Gasteiger charge is -2.11. The fourth-order valence-corrected chi connectivity index (χ4v) is 2.16. The van der Waals surface area contributed by atoms with Crippen molar-refractivity contribution in [3.05, 3.63) is 24.0 Å². The number of aryl methyl sites for hydroxylation is 1. The summed E-state index contributed by atoms with van der Waals surface area (Å²) in [5, 5.41) is 3.28. The molecular weight excluding hydrogens is 200 g/mol. The molecule has 0 unspecified atom stereocenters. The number of aliphatic imine (C=N–C) groups is 1. The van der Waals surface area contributed by atoms with Crippen LogP contribution in [0.25, 0.3) is 0 Å². The fourth-order valence-electron chi connectivity index (χ4n) is 2.16. The molecule has 4 heteroatoms. The Balaban J connectivity index is 1.81. The van der Waals surface area contributed by atoms with E-state index in [9.17, 15) is 0 Å². The van der Waals surface area contributed by atoms with Gasteiger partial charge < -0.3 is 15.6 Å². The molecule has 0 bridgehead atoms. The summed E-state index contributed by atoms with van der Waals surface area (Å²) in [6, 6.07) is 2.60. The Morgan fingerprint density at radius 3 is 2.94 bits per heavy atom. The minimum absolute atomic E-state index is 0.541. The second kappa shape index (κ2) is 5.05. The molecule has 0 amide bonds. The van der Waals surface area contributed by atoms with Crippen LogP contribution in [0.4, 0.5) is 0 Å². The molecule has 1 saturated carbocycles. The Hall–Kier alpha value is -1.45. The van der Waals surface area contributed by atoms with E-state index in [-0.39, 0.29) is 0 Å². The van der Waals surface area contributed by atoms with E-state index in [1.54, 1.807) is 0 Å². The first-order chi connectivity index (χ1) is 7.74. The Morgan fingerprint density at radius 2 is 2.31 bits per heavy atom. The van der Waals surface area contributed by atoms with Gasteiger partial charge in [0.25, 0.3) is 0 Å². The number of rotatable bonds is 3. The van der Waals surface area contributed by atoms with E-state index < -0.39 is 0 Å². The zero-order chi connectivity index (χ0) is 11.4. The third-order valence-corrected chi connectivity index (χ3v) is 3.03. The van der Waals surface area contributed by atoms with Gasteiger partial charge in [-0.15, -0.1) is 0 Å². The smallest absolute Gasteiger partial charge is 0.189 e. The second-order valence-electron chi connectivity index (χ2n) is 4.51. The summed E-state index contributed by atoms with van der Waals surface area (Å²) in [5.41, 5.74) is 7.03. The Labute approximate surface area is 96.5 Å². The van der Waals surface area contributed by atoms with E-state index in [0.717, 1.165) is 0 Å². The normalized spacial score (nSPS) is 17.9. The van der Waals surface area contributed by atoms with Crippen LogP contribution in [0.5, 0.6) is 0 Å². The summed E-state index contributed by atoms with van der Waals surface area (Å²) >= 11 is 0. The quantitative estimate of drug-likeness (QED) is 0.597. The lowest BCUT2D eigenvalue weighted by molar-refractivity contribution is 0.625. The molecule has 88 valence electrons. The molecule has 0 atom stereocenters. The first kappa shape index (κ1) is 11.0. The van der Waals surface area contributed by atoms with Crippen LogP contribution in [0.2, 0.25) is 0 Å². The van der Waals surface area contributed by atoms with Crippen LogP contribution in [-0.4, -0.2) is 16.6 Å². The van der Waals surface area contributed by atoms with Gasteiger partial charge in [0, 0.05) is 25.5 Å². The SMILES string of the molecule is Cn1ccc(CN=C(N)NC2CCCC2)c1. The summed E-state index contributed by atoms with van der Waals surface area (Å²) in [7, 11) is 2.01. The van der Waals surface area contributed by atoms with Gasteiger partial charge in [0.05, 0.1) is 6.54 Å². The van der Waals surface area contributed by atoms with E-state index in [1.807, 2.05) is 17.8 Å². The van der Waals surface area contributed by atoms with E-state index in [2.05, 4.69) is 22.6 Å². The summed E-state index contributed by atoms with van der Waals surface area (Å²) in [6.07, 6.45) is 9.15. The minimum atomic E-state index is 0.541. The van der Waals surface area contributed by atoms with Gasteiger partial charge in [0.2, 0.25) is 0 Å². The zero-order valence-corrected chi connectivity index (χ0v) is 9.82. The van der Waals surface area contributed by atoms with Crippen molar-refractivity contribution in [3.63, 3.8) is 0 Å². The van der Waals surface area contributed by atoms with Crippen LogP contribution < -0.4 is 11.1 Å². The molecule has 4 nitrogen and oxygen atoms in total. The predicted molar refractivity (Wildman–Crippen MR) is 66.1 cm³/mol. The summed E-state index contributed by atoms with van der Waals surface area (Å²) < 4.78 is 2.02. The summed E-state index contributed by atoms with van der Waals surface area (Å²) in [6.45, 7) is 0.659. The Bertz CT molecular complexity index is 361. The molecule has 0 saturated heterocycles. The average molecular weight is 220 g/mol. The minimum Gasteiger partial charge on any atom is -0.370 e. The zero-order valence-electron chi connectivity index (χ0n) is 9.82. The van der Waals surface area contributed by atoms with E-state index in [0.29, 0.717) is 18.5 Å². The van der Waals surface area contributed by atoms with Gasteiger partial charge in [-0.05, 0) is 24.5 Å². The van der Waals surface area contributed by atoms with Gasteiger partial charge in [0.1, 0.15) is 0 Å². The first-order valence-electron chi connectivity index (χ1n) is 5.91. The Kier molecular flexibility index (Phi) is 3.49. The molecule has 1 fully saturated rings. The number of hydrogen-bond donors (Lipinski definition) is 2. The van der Waals surface area contributed by atoms with Crippen LogP contribution >= 0.6 is 0 Å². The van der Waals surface area contributed by atoms with Crippen molar-refractivity contribution in [2.45, 2.75) is 38.3 Å². The molecule has 2 rings (SSSR count). The van der Waals surface area contributed by atoms with Gasteiger partial charge >= 0.3 is 0 Å². The highest BCUT2D eigenvalue weighted by Crippen LogP contribution is 2.17. The van der Waals surface area contributed by atoms with Crippen molar-refractivity contribution < 1.29 is 0 Å². The summed E-state index contributed by atoms with van der Waals surface area (Å²) in [5.74, 6) is 0.579. The molecule has 1 aromatic heterocycles. The average Bonchev–Trinajstić information content (AvgIpc) is 2.87. The Morgan fingerprint density at radius 1 is 1.56 bits per heavy atom. The highest BCUT2D eigenvalue weighted by atomic mass is 15.1. The van der Waals surface area contributed by atoms with Crippen LogP contribution in [-0.2, 0) is 13.6 Å². The molecule has 0 spiro atoms. The first-order valence-corrected chi connectivity index (χ1v) is 5.91. The monoisotopic (exact) mass is 220 g/mol. The topological polar surface area (TPSA) is 55.3 Å². The van der Waals surface area contributed by atoms with Crippen LogP contribution in [0.3, 0.4) is 0 Å². The van der Waals surface area contributed by atoms with Crippen molar-refractivity contribution in [1.29, 1.82) is 0 Å². The maximum atomic E-state index is 5.84. The third-order valence-electron chi connectivity index (χ3n) is 3.03. The molecule has 1 heterocycles. The molecule has 0 radical (unpaired) electrons. The van der Waals surface area contributed by atoms with Crippen molar-refractivity contribution >= 4 is 5.96 Å². The third kappa shape index (κ3) is 3.02. The molecular formula is C12H20N4. The largest absolute Gasteiger partial charge is 0.370 e. The highest BCUT2D eigenvalue weighted by Gasteiger charge is 2.14. The number of nitrogens with two attached hydrogens (primary N) is 1. The summed E-state index contributed by atoms with van der Waals surface area (Å²) in [4.78, 5) is 4.34. The number of nitrogens with one attached hydrogen (secondary N) is 1. The number of hydrogen-bond acceptors (Lipinski definition) is 1. The molecule has 1 aliphatic carbocycles. The predicted octanol–water partition coefficient (Wildman–Crippen LogP) is 1.37. The van der Waals surface area contributed by atoms with Crippen LogP contribution in [0.15, 0.2) is 23.5 Å². The van der Waals surface area contributed by atoms with Crippen molar-refractivity contribution in [3.8, 4) is 0 Å². The van der Waals surface area contributed by atoms with Crippen molar-refractivity contribution in [1.82, 2.24) is 9.88 Å². The number of aromatic nitrogens is 1.